The van der Waals surface area contributed by atoms with E-state index in [2.05, 4.69) is 59.1 Å². The van der Waals surface area contributed by atoms with E-state index in [0.29, 0.717) is 30.6 Å². The van der Waals surface area contributed by atoms with Crippen LogP contribution in [0.2, 0.25) is 0 Å². The average molecular weight is 536 g/mol. The maximum absolute atomic E-state index is 13.8. The maximum Gasteiger partial charge on any atom is 0.136 e. The van der Waals surface area contributed by atoms with E-state index in [0.717, 1.165) is 64.6 Å². The topological polar surface area (TPSA) is 40.9 Å². The highest BCUT2D eigenvalue weighted by atomic mass is 19.1. The number of hydrogen-bond acceptors (Lipinski definition) is 2. The van der Waals surface area contributed by atoms with Gasteiger partial charge in [0.2, 0.25) is 0 Å². The molecule has 0 N–H and O–H groups in total. The van der Waals surface area contributed by atoms with Crippen LogP contribution in [-0.4, -0.2) is 5.78 Å². The molecule has 3 rings (SSSR count). The second-order valence-electron chi connectivity index (χ2n) is 11.5. The lowest BCUT2D eigenvalue weighted by Gasteiger charge is -2.31. The van der Waals surface area contributed by atoms with Crippen molar-refractivity contribution in [3.8, 4) is 17.2 Å². The van der Waals surface area contributed by atoms with Crippen molar-refractivity contribution >= 4 is 16.9 Å². The molecular formula is C37H42FNO. The predicted molar refractivity (Wildman–Crippen MR) is 166 cm³/mol. The van der Waals surface area contributed by atoms with Crippen LogP contribution in [0.3, 0.4) is 0 Å². The van der Waals surface area contributed by atoms with Gasteiger partial charge in [-0.05, 0) is 101 Å². The van der Waals surface area contributed by atoms with E-state index in [1.54, 1.807) is 12.1 Å². The third-order valence-electron chi connectivity index (χ3n) is 8.25. The van der Waals surface area contributed by atoms with Crippen LogP contribution in [0.5, 0.6) is 0 Å². The summed E-state index contributed by atoms with van der Waals surface area (Å²) in [5, 5.41) is 9.68. The Morgan fingerprint density at radius 1 is 0.950 bits per heavy atom. The molecular weight excluding hydrogens is 493 g/mol. The molecule has 3 aromatic carbocycles. The van der Waals surface area contributed by atoms with Gasteiger partial charge in [-0.1, -0.05) is 89.7 Å². The lowest BCUT2D eigenvalue weighted by atomic mass is 9.72. The van der Waals surface area contributed by atoms with Crippen molar-refractivity contribution in [1.29, 1.82) is 5.26 Å². The minimum Gasteiger partial charge on any atom is -0.299 e. The number of aryl methyl sites for hydroxylation is 1. The smallest absolute Gasteiger partial charge is 0.136 e. The van der Waals surface area contributed by atoms with Crippen molar-refractivity contribution in [2.24, 2.45) is 11.3 Å². The van der Waals surface area contributed by atoms with Crippen LogP contribution in [0.15, 0.2) is 79.9 Å². The second-order valence-corrected chi connectivity index (χ2v) is 11.5. The molecule has 0 fully saturated rings. The van der Waals surface area contributed by atoms with Gasteiger partial charge in [0.05, 0.1) is 11.6 Å². The molecule has 3 heteroatoms. The van der Waals surface area contributed by atoms with Crippen molar-refractivity contribution < 1.29 is 9.18 Å². The van der Waals surface area contributed by atoms with Gasteiger partial charge in [0.15, 0.2) is 0 Å². The number of benzene rings is 3. The lowest BCUT2D eigenvalue weighted by Crippen LogP contribution is -2.28. The Balaban J connectivity index is 1.89. The van der Waals surface area contributed by atoms with Crippen molar-refractivity contribution in [1.82, 2.24) is 0 Å². The first kappa shape index (κ1) is 30.8. The lowest BCUT2D eigenvalue weighted by molar-refractivity contribution is -0.125. The third-order valence-corrected chi connectivity index (χ3v) is 8.25. The first-order valence-electron chi connectivity index (χ1n) is 14.3. The van der Waals surface area contributed by atoms with E-state index in [1.807, 2.05) is 36.4 Å². The summed E-state index contributed by atoms with van der Waals surface area (Å²) in [5.74, 6) is 0.0825. The molecule has 2 nitrogen and oxygen atoms in total. The molecule has 0 saturated carbocycles. The summed E-state index contributed by atoms with van der Waals surface area (Å²) >= 11 is 0. The van der Waals surface area contributed by atoms with Crippen LogP contribution >= 0.6 is 0 Å². The maximum atomic E-state index is 13.8. The molecule has 40 heavy (non-hydrogen) atoms. The van der Waals surface area contributed by atoms with Gasteiger partial charge in [0.25, 0.3) is 0 Å². The average Bonchev–Trinajstić information content (AvgIpc) is 2.96. The highest BCUT2D eigenvalue weighted by Crippen LogP contribution is 2.39. The molecule has 3 aromatic rings. The predicted octanol–water partition coefficient (Wildman–Crippen LogP) is 10.2. The van der Waals surface area contributed by atoms with Gasteiger partial charge in [0.1, 0.15) is 11.6 Å². The quantitative estimate of drug-likeness (QED) is 0.206. The number of carbonyl (C=O) groups excluding carboxylic acids is 1. The second kappa shape index (κ2) is 14.0. The fraction of sp³-hybridized carbons (Fsp3) is 0.351. The molecule has 0 aliphatic carbocycles. The minimum atomic E-state index is -0.239. The number of Topliss-reactive ketones (excluding diaryl/α,β-unsaturated/α-hetero) is 1. The van der Waals surface area contributed by atoms with Crippen LogP contribution in [-0.2, 0) is 11.2 Å². The Labute approximate surface area is 240 Å². The van der Waals surface area contributed by atoms with Crippen LogP contribution in [0.25, 0.3) is 22.3 Å². The fourth-order valence-corrected chi connectivity index (χ4v) is 5.09. The van der Waals surface area contributed by atoms with Crippen LogP contribution in [0.4, 0.5) is 4.39 Å². The van der Waals surface area contributed by atoms with Gasteiger partial charge in [0, 0.05) is 12.3 Å². The first-order valence-corrected chi connectivity index (χ1v) is 14.3. The van der Waals surface area contributed by atoms with Crippen molar-refractivity contribution in [2.75, 3.05) is 0 Å². The molecule has 0 aliphatic rings. The molecule has 0 bridgehead atoms. The SMILES string of the molecule is C=C(CCc1cccc(F)c1)c1cc(-c2ccccc2C#N)ccc1C(=C)CCC(C)(C)C(C)C(=O)CCCC. The number of carbonyl (C=O) groups is 1. The number of hydrogen-bond donors (Lipinski definition) is 0. The molecule has 0 aliphatic heterocycles. The number of allylic oxidation sites excluding steroid dienone is 2. The zero-order valence-electron chi connectivity index (χ0n) is 24.5. The summed E-state index contributed by atoms with van der Waals surface area (Å²) in [5.41, 5.74) is 7.20. The summed E-state index contributed by atoms with van der Waals surface area (Å²) in [6.45, 7) is 17.4. The normalized spacial score (nSPS) is 12.0. The Kier molecular flexibility index (Phi) is 10.8. The monoisotopic (exact) mass is 535 g/mol. The number of unbranched alkanes of at least 4 members (excludes halogenated alkanes) is 1. The summed E-state index contributed by atoms with van der Waals surface area (Å²) < 4.78 is 13.8. The summed E-state index contributed by atoms with van der Waals surface area (Å²) in [4.78, 5) is 12.8. The highest BCUT2D eigenvalue weighted by Gasteiger charge is 2.30. The van der Waals surface area contributed by atoms with Gasteiger partial charge < -0.3 is 0 Å². The molecule has 0 spiro atoms. The number of rotatable bonds is 14. The molecule has 208 valence electrons. The van der Waals surface area contributed by atoms with Crippen LogP contribution in [0, 0.1) is 28.5 Å². The Hall–Kier alpha value is -3.77. The van der Waals surface area contributed by atoms with Gasteiger partial charge in [-0.25, -0.2) is 4.39 Å². The Morgan fingerprint density at radius 3 is 2.38 bits per heavy atom. The van der Waals surface area contributed by atoms with E-state index in [-0.39, 0.29) is 17.2 Å². The van der Waals surface area contributed by atoms with E-state index in [4.69, 9.17) is 0 Å². The van der Waals surface area contributed by atoms with Gasteiger partial charge in [-0.15, -0.1) is 0 Å². The van der Waals surface area contributed by atoms with Crippen molar-refractivity contribution in [2.45, 2.75) is 72.6 Å². The molecule has 1 unspecified atom stereocenters. The van der Waals surface area contributed by atoms with E-state index >= 15 is 0 Å². The molecule has 0 radical (unpaired) electrons. The van der Waals surface area contributed by atoms with Gasteiger partial charge in [-0.2, -0.15) is 5.26 Å². The van der Waals surface area contributed by atoms with E-state index < -0.39 is 0 Å². The largest absolute Gasteiger partial charge is 0.299 e. The van der Waals surface area contributed by atoms with Crippen LogP contribution in [0.1, 0.15) is 88.5 Å². The molecule has 0 heterocycles. The van der Waals surface area contributed by atoms with Crippen LogP contribution < -0.4 is 0 Å². The number of nitrogens with zero attached hydrogens (tertiary/aromatic N) is 1. The number of ketones is 1. The van der Waals surface area contributed by atoms with E-state index in [1.165, 1.54) is 6.07 Å². The highest BCUT2D eigenvalue weighted by molar-refractivity contribution is 5.83. The van der Waals surface area contributed by atoms with Gasteiger partial charge >= 0.3 is 0 Å². The number of nitriles is 1. The zero-order valence-corrected chi connectivity index (χ0v) is 24.5. The summed E-state index contributed by atoms with van der Waals surface area (Å²) in [7, 11) is 0. The fourth-order valence-electron chi connectivity index (χ4n) is 5.09. The molecule has 1 atom stereocenters. The van der Waals surface area contributed by atoms with Gasteiger partial charge in [-0.3, -0.25) is 4.79 Å². The minimum absolute atomic E-state index is 0.0163. The summed E-state index contributed by atoms with van der Waals surface area (Å²) in [6.07, 6.45) is 5.55. The Morgan fingerprint density at radius 2 is 1.68 bits per heavy atom. The standard InChI is InChI=1S/C37H42FNO/c1-7-8-16-36(40)28(4)37(5,6)22-21-27(3)33-20-19-30(34-15-10-9-13-31(34)25-39)24-35(33)26(2)17-18-29-12-11-14-32(38)23-29/h9-15,19-20,23-24,28H,2-3,7-8,16-18,21-22H2,1,4-6H3. The Bertz CT molecular complexity index is 1410. The molecule has 0 aromatic heterocycles. The van der Waals surface area contributed by atoms with Crippen molar-refractivity contribution in [3.63, 3.8) is 0 Å². The zero-order chi connectivity index (χ0) is 29.3. The molecule has 0 saturated heterocycles. The third kappa shape index (κ3) is 7.89. The first-order chi connectivity index (χ1) is 19.1. The van der Waals surface area contributed by atoms with E-state index in [9.17, 15) is 14.4 Å². The molecule has 0 amide bonds. The summed E-state index contributed by atoms with van der Waals surface area (Å²) in [6, 6.07) is 22.8. The number of halogens is 1. The van der Waals surface area contributed by atoms with Crippen molar-refractivity contribution in [3.05, 3.63) is 108 Å².